The van der Waals surface area contributed by atoms with E-state index in [2.05, 4.69) is 46.7 Å². The molecule has 3 aromatic carbocycles. The van der Waals surface area contributed by atoms with Crippen LogP contribution in [0.3, 0.4) is 0 Å². The van der Waals surface area contributed by atoms with Gasteiger partial charge in [-0.25, -0.2) is 14.0 Å². The van der Waals surface area contributed by atoms with Crippen LogP contribution >= 0.6 is 0 Å². The molecule has 1 atom stereocenters. The molecule has 15 heteroatoms. The average Bonchev–Trinajstić information content (AvgIpc) is 3.59. The molecule has 1 fully saturated rings. The number of amides is 1. The number of aliphatic imine (C=N–C) groups is 1. The van der Waals surface area contributed by atoms with Crippen LogP contribution in [0.25, 0.3) is 4.85 Å². The van der Waals surface area contributed by atoms with E-state index < -0.39 is 11.6 Å². The van der Waals surface area contributed by atoms with Crippen molar-refractivity contribution in [2.75, 3.05) is 62.4 Å². The molecule has 57 heavy (non-hydrogen) atoms. The molecular weight excluding hydrogens is 728 g/mol. The Hall–Kier alpha value is -5.98. The number of rotatable bonds is 16. The van der Waals surface area contributed by atoms with Crippen molar-refractivity contribution in [1.82, 2.24) is 24.8 Å². The van der Waals surface area contributed by atoms with Gasteiger partial charge in [0.1, 0.15) is 11.4 Å². The maximum atomic E-state index is 13.9. The van der Waals surface area contributed by atoms with Gasteiger partial charge in [0, 0.05) is 70.7 Å². The Balaban J connectivity index is 1.19. The molecule has 0 bridgehead atoms. The second kappa shape index (κ2) is 18.8. The highest BCUT2D eigenvalue weighted by Crippen LogP contribution is 2.28. The van der Waals surface area contributed by atoms with Crippen LogP contribution in [-0.2, 0) is 33.7 Å². The van der Waals surface area contributed by atoms with E-state index in [1.54, 1.807) is 30.2 Å². The average molecular weight is 777 g/mol. The fourth-order valence-corrected chi connectivity index (χ4v) is 6.54. The number of carbonyl (C=O) groups excluding carboxylic acids is 2. The first kappa shape index (κ1) is 40.7. The van der Waals surface area contributed by atoms with E-state index in [0.717, 1.165) is 41.2 Å². The molecule has 0 aliphatic carbocycles. The molecular formula is C42H49FN10O4. The summed E-state index contributed by atoms with van der Waals surface area (Å²) in [6.45, 7) is 17.0. The zero-order chi connectivity index (χ0) is 40.4. The predicted molar refractivity (Wildman–Crippen MR) is 218 cm³/mol. The maximum absolute atomic E-state index is 13.9. The lowest BCUT2D eigenvalue weighted by Crippen LogP contribution is -2.49. The van der Waals surface area contributed by atoms with Crippen LogP contribution in [0.1, 0.15) is 50.3 Å². The zero-order valence-corrected chi connectivity index (χ0v) is 32.8. The van der Waals surface area contributed by atoms with Gasteiger partial charge in [-0.3, -0.25) is 14.7 Å². The van der Waals surface area contributed by atoms with Gasteiger partial charge in [0.15, 0.2) is 11.5 Å². The van der Waals surface area contributed by atoms with Crippen molar-refractivity contribution in [2.45, 2.75) is 64.6 Å². The van der Waals surface area contributed by atoms with Gasteiger partial charge in [0.2, 0.25) is 17.8 Å². The molecule has 3 heterocycles. The number of anilines is 4. The molecule has 2 aliphatic heterocycles. The molecule has 298 valence electrons. The molecule has 4 aromatic rings. The summed E-state index contributed by atoms with van der Waals surface area (Å²) in [4.78, 5) is 52.3. The van der Waals surface area contributed by atoms with Crippen LogP contribution in [0, 0.1) is 12.4 Å². The maximum Gasteiger partial charge on any atom is 0.410 e. The van der Waals surface area contributed by atoms with E-state index in [9.17, 15) is 14.0 Å². The minimum atomic E-state index is -0.675. The number of carbonyl (C=O) groups is 2. The molecule has 3 N–H and O–H groups in total. The van der Waals surface area contributed by atoms with Gasteiger partial charge in [0.25, 0.3) is 0 Å². The second-order valence-corrected chi connectivity index (χ2v) is 15.1. The highest BCUT2D eigenvalue weighted by molar-refractivity contribution is 5.96. The van der Waals surface area contributed by atoms with Crippen molar-refractivity contribution < 1.29 is 23.5 Å². The summed E-state index contributed by atoms with van der Waals surface area (Å²) >= 11 is 0. The topological polar surface area (TPSA) is 151 Å². The largest absolute Gasteiger partial charge is 0.444 e. The van der Waals surface area contributed by atoms with Gasteiger partial charge in [-0.2, -0.15) is 15.0 Å². The molecule has 0 unspecified atom stereocenters. The van der Waals surface area contributed by atoms with E-state index in [1.165, 1.54) is 12.1 Å². The second-order valence-electron chi connectivity index (χ2n) is 15.1. The molecule has 1 aromatic heterocycles. The third kappa shape index (κ3) is 12.0. The number of hydrogen-bond acceptors (Lipinski definition) is 12. The summed E-state index contributed by atoms with van der Waals surface area (Å²) in [5, 5.41) is 9.87. The van der Waals surface area contributed by atoms with Gasteiger partial charge in [-0.05, 0) is 74.6 Å². The number of aromatic nitrogens is 3. The Bertz CT molecular complexity index is 2110. The Labute approximate surface area is 332 Å². The molecule has 0 spiro atoms. The van der Waals surface area contributed by atoms with Crippen molar-refractivity contribution in [3.05, 3.63) is 101 Å². The van der Waals surface area contributed by atoms with Gasteiger partial charge < -0.3 is 30.3 Å². The number of nitrogens with zero attached hydrogens (tertiary/aromatic N) is 7. The third-order valence-corrected chi connectivity index (χ3v) is 9.39. The number of nitrogens with one attached hydrogen (secondary N) is 3. The molecule has 1 saturated heterocycles. The molecule has 14 nitrogen and oxygen atoms in total. The first-order chi connectivity index (χ1) is 27.4. The quantitative estimate of drug-likeness (QED) is 0.0789. The molecule has 1 amide bonds. The lowest BCUT2D eigenvalue weighted by atomic mass is 9.99. The fourth-order valence-electron chi connectivity index (χ4n) is 6.54. The standard InChI is InChI=1S/C42H49FN10O4/c1-42(2,3)57-41(55)53-19-17-52(18-20-53)27-29-8-6-9-33(22-29)47-39-49-38(45-26-34-24-30-13-14-31(43)25-35(30)46-34)50-40(51-39)48-36(37(54)10-7-21-56-5)23-28-11-15-32(44-4)16-12-28/h6,8-9,11-16,22,25,36H,7,10,17-21,23-24,26-27H2,1-3,5H3,(H3,45,47,48,49,50,51)/t36-/m0/s1. The van der Waals surface area contributed by atoms with Crippen molar-refractivity contribution in [1.29, 1.82) is 0 Å². The van der Waals surface area contributed by atoms with Crippen molar-refractivity contribution >= 4 is 52.5 Å². The number of hydrogen-bond donors (Lipinski definition) is 3. The summed E-state index contributed by atoms with van der Waals surface area (Å²) in [5.74, 6) is 0.329. The summed E-state index contributed by atoms with van der Waals surface area (Å²) in [6.07, 6.45) is 1.47. The monoisotopic (exact) mass is 776 g/mol. The number of piperazine rings is 1. The number of Topliss-reactive ketones (excluding diaryl/α,β-unsaturated/α-hetero) is 1. The number of fused-ring (bicyclic) bond motifs is 1. The van der Waals surface area contributed by atoms with Crippen molar-refractivity contribution in [3.63, 3.8) is 0 Å². The first-order valence-corrected chi connectivity index (χ1v) is 19.1. The molecule has 0 radical (unpaired) electrons. The SMILES string of the molecule is [C-]#[N+]c1ccc(C[C@H](Nc2nc(NCC3=Nc4cc(F)ccc4C3)nc(Nc3cccc(CN4CCN(C(=O)OC(C)(C)C)CC4)c3)n2)C(=O)CCCOC)cc1. The highest BCUT2D eigenvalue weighted by atomic mass is 19.1. The van der Waals surface area contributed by atoms with Gasteiger partial charge in [0.05, 0.1) is 24.8 Å². The normalized spacial score (nSPS) is 14.6. The number of halogens is 1. The lowest BCUT2D eigenvalue weighted by molar-refractivity contribution is -0.120. The number of benzene rings is 3. The van der Waals surface area contributed by atoms with E-state index in [1.807, 2.05) is 51.1 Å². The Morgan fingerprint density at radius 1 is 0.947 bits per heavy atom. The summed E-state index contributed by atoms with van der Waals surface area (Å²) in [6, 6.07) is 19.0. The van der Waals surface area contributed by atoms with Crippen molar-refractivity contribution in [2.24, 2.45) is 4.99 Å². The molecule has 6 rings (SSSR count). The minimum absolute atomic E-state index is 0.0318. The molecule has 2 aliphatic rings. The fraction of sp³-hybridized carbons (Fsp3) is 0.405. The highest BCUT2D eigenvalue weighted by Gasteiger charge is 2.26. The van der Waals surface area contributed by atoms with Crippen LogP contribution < -0.4 is 16.0 Å². The van der Waals surface area contributed by atoms with E-state index in [0.29, 0.717) is 63.4 Å². The zero-order valence-electron chi connectivity index (χ0n) is 32.8. The van der Waals surface area contributed by atoms with Crippen molar-refractivity contribution in [3.8, 4) is 0 Å². The predicted octanol–water partition coefficient (Wildman–Crippen LogP) is 7.12. The number of ether oxygens (including phenoxy) is 2. The summed E-state index contributed by atoms with van der Waals surface area (Å²) in [7, 11) is 1.60. The Kier molecular flexibility index (Phi) is 13.4. The van der Waals surface area contributed by atoms with Gasteiger partial charge >= 0.3 is 6.09 Å². The third-order valence-electron chi connectivity index (χ3n) is 9.39. The van der Waals surface area contributed by atoms with Crippen LogP contribution in [0.2, 0.25) is 0 Å². The van der Waals surface area contributed by atoms with E-state index in [4.69, 9.17) is 21.0 Å². The first-order valence-electron chi connectivity index (χ1n) is 19.1. The minimum Gasteiger partial charge on any atom is -0.444 e. The van der Waals surface area contributed by atoms with Crippen LogP contribution in [-0.4, -0.2) is 100 Å². The number of ketones is 1. The van der Waals surface area contributed by atoms with E-state index >= 15 is 0 Å². The molecule has 0 saturated carbocycles. The summed E-state index contributed by atoms with van der Waals surface area (Å²) in [5.41, 5.74) is 5.03. The van der Waals surface area contributed by atoms with Gasteiger partial charge in [-0.15, -0.1) is 0 Å². The van der Waals surface area contributed by atoms with Crippen LogP contribution in [0.15, 0.2) is 71.7 Å². The number of methoxy groups -OCH3 is 1. The lowest BCUT2D eigenvalue weighted by Gasteiger charge is -2.35. The van der Waals surface area contributed by atoms with Gasteiger partial charge in [-0.1, -0.05) is 42.5 Å². The smallest absolute Gasteiger partial charge is 0.410 e. The summed E-state index contributed by atoms with van der Waals surface area (Å²) < 4.78 is 24.6. The van der Waals surface area contributed by atoms with Crippen LogP contribution in [0.4, 0.5) is 44.1 Å². The Morgan fingerprint density at radius 3 is 2.44 bits per heavy atom. The van der Waals surface area contributed by atoms with Crippen LogP contribution in [0.5, 0.6) is 0 Å². The Morgan fingerprint density at radius 2 is 1.70 bits per heavy atom. The van der Waals surface area contributed by atoms with E-state index in [-0.39, 0.29) is 42.0 Å².